The largest absolute Gasteiger partial charge is 0.366 e. The van der Waals surface area contributed by atoms with Crippen LogP contribution in [0.4, 0.5) is 0 Å². The van der Waals surface area contributed by atoms with Gasteiger partial charge in [0.05, 0.1) is 5.56 Å². The van der Waals surface area contributed by atoms with Crippen LogP contribution in [0.25, 0.3) is 32.3 Å². The first-order valence-corrected chi connectivity index (χ1v) is 6.88. The molecule has 0 spiro atoms. The Labute approximate surface area is 121 Å². The van der Waals surface area contributed by atoms with Gasteiger partial charge in [-0.15, -0.1) is 0 Å². The van der Waals surface area contributed by atoms with E-state index in [1.165, 1.54) is 0 Å². The van der Waals surface area contributed by atoms with Crippen molar-refractivity contribution in [3.8, 4) is 0 Å². The molecule has 2 nitrogen and oxygen atoms in total. The molecule has 0 fully saturated rings. The van der Waals surface area contributed by atoms with Crippen molar-refractivity contribution >= 4 is 38.2 Å². The summed E-state index contributed by atoms with van der Waals surface area (Å²) in [7, 11) is 0. The van der Waals surface area contributed by atoms with Crippen molar-refractivity contribution in [3.63, 3.8) is 0 Å². The van der Waals surface area contributed by atoms with Crippen molar-refractivity contribution < 1.29 is 4.79 Å². The smallest absolute Gasteiger partial charge is 0.249 e. The zero-order valence-corrected chi connectivity index (χ0v) is 11.3. The summed E-state index contributed by atoms with van der Waals surface area (Å²) in [5.74, 6) is -0.382. The van der Waals surface area contributed by atoms with E-state index >= 15 is 0 Å². The number of carbonyl (C=O) groups is 1. The number of amides is 1. The molecule has 2 heteroatoms. The van der Waals surface area contributed by atoms with Gasteiger partial charge in [-0.25, -0.2) is 0 Å². The zero-order chi connectivity index (χ0) is 14.4. The molecule has 4 rings (SSSR count). The van der Waals surface area contributed by atoms with Crippen LogP contribution in [-0.4, -0.2) is 5.91 Å². The van der Waals surface area contributed by atoms with Gasteiger partial charge in [0.15, 0.2) is 0 Å². The lowest BCUT2D eigenvalue weighted by atomic mass is 9.94. The summed E-state index contributed by atoms with van der Waals surface area (Å²) in [6.45, 7) is 0. The van der Waals surface area contributed by atoms with Gasteiger partial charge in [0.2, 0.25) is 5.91 Å². The number of rotatable bonds is 1. The lowest BCUT2D eigenvalue weighted by Gasteiger charge is -2.10. The first kappa shape index (κ1) is 11.9. The molecule has 0 bridgehead atoms. The molecule has 4 aromatic carbocycles. The van der Waals surface area contributed by atoms with Crippen molar-refractivity contribution in [1.82, 2.24) is 0 Å². The fourth-order valence-electron chi connectivity index (χ4n) is 3.02. The van der Waals surface area contributed by atoms with Gasteiger partial charge >= 0.3 is 0 Å². The number of hydrogen-bond acceptors (Lipinski definition) is 1. The molecular formula is C19H13NO. The van der Waals surface area contributed by atoms with Crippen LogP contribution in [0.15, 0.2) is 66.7 Å². The molecule has 0 unspecified atom stereocenters. The predicted molar refractivity (Wildman–Crippen MR) is 87.5 cm³/mol. The fraction of sp³-hybridized carbons (Fsp3) is 0. The van der Waals surface area contributed by atoms with Crippen molar-refractivity contribution in [3.05, 3.63) is 72.3 Å². The van der Waals surface area contributed by atoms with E-state index in [0.717, 1.165) is 32.3 Å². The maximum atomic E-state index is 12.0. The van der Waals surface area contributed by atoms with Crippen molar-refractivity contribution in [2.45, 2.75) is 0 Å². The average molecular weight is 271 g/mol. The highest BCUT2D eigenvalue weighted by molar-refractivity contribution is 6.19. The molecule has 0 radical (unpaired) electrons. The fourth-order valence-corrected chi connectivity index (χ4v) is 3.02. The molecule has 100 valence electrons. The SMILES string of the molecule is NC(=O)c1c2ccccc2cc2cc3ccccc3cc12. The van der Waals surface area contributed by atoms with Gasteiger partial charge in [-0.05, 0) is 50.5 Å². The minimum atomic E-state index is -0.382. The molecular weight excluding hydrogens is 258 g/mol. The van der Waals surface area contributed by atoms with Crippen LogP contribution in [-0.2, 0) is 0 Å². The van der Waals surface area contributed by atoms with Gasteiger partial charge in [-0.3, -0.25) is 4.79 Å². The normalized spacial score (nSPS) is 11.2. The number of benzene rings is 4. The number of nitrogens with two attached hydrogens (primary N) is 1. The molecule has 0 saturated heterocycles. The van der Waals surface area contributed by atoms with Crippen LogP contribution in [0.2, 0.25) is 0 Å². The van der Waals surface area contributed by atoms with E-state index in [1.54, 1.807) is 0 Å². The minimum absolute atomic E-state index is 0.382. The van der Waals surface area contributed by atoms with Crippen LogP contribution < -0.4 is 5.73 Å². The van der Waals surface area contributed by atoms with Crippen molar-refractivity contribution in [1.29, 1.82) is 0 Å². The van der Waals surface area contributed by atoms with E-state index in [-0.39, 0.29) is 5.91 Å². The van der Waals surface area contributed by atoms with E-state index in [2.05, 4.69) is 30.3 Å². The third kappa shape index (κ3) is 1.77. The first-order chi connectivity index (χ1) is 10.2. The van der Waals surface area contributed by atoms with E-state index in [1.807, 2.05) is 36.4 Å². The highest BCUT2D eigenvalue weighted by atomic mass is 16.1. The third-order valence-electron chi connectivity index (χ3n) is 3.97. The topological polar surface area (TPSA) is 43.1 Å². The van der Waals surface area contributed by atoms with Crippen molar-refractivity contribution in [2.24, 2.45) is 5.73 Å². The molecule has 21 heavy (non-hydrogen) atoms. The molecule has 0 heterocycles. The Morgan fingerprint density at radius 2 is 1.24 bits per heavy atom. The Morgan fingerprint density at radius 3 is 1.95 bits per heavy atom. The summed E-state index contributed by atoms with van der Waals surface area (Å²) < 4.78 is 0. The number of carbonyl (C=O) groups excluding carboxylic acids is 1. The summed E-state index contributed by atoms with van der Waals surface area (Å²) in [4.78, 5) is 12.0. The lowest BCUT2D eigenvalue weighted by molar-refractivity contribution is 0.100. The van der Waals surface area contributed by atoms with Crippen LogP contribution in [0.3, 0.4) is 0 Å². The van der Waals surface area contributed by atoms with Crippen LogP contribution in [0.5, 0.6) is 0 Å². The molecule has 0 aliphatic heterocycles. The minimum Gasteiger partial charge on any atom is -0.366 e. The summed E-state index contributed by atoms with van der Waals surface area (Å²) in [5.41, 5.74) is 6.26. The summed E-state index contributed by atoms with van der Waals surface area (Å²) in [6, 6.07) is 22.3. The standard InChI is InChI=1S/C19H13NO/c20-19(21)18-16-8-4-3-7-14(16)10-15-9-12-5-1-2-6-13(12)11-17(15)18/h1-11H,(H2,20,21). The summed E-state index contributed by atoms with van der Waals surface area (Å²) >= 11 is 0. The molecule has 1 amide bonds. The molecule has 4 aromatic rings. The predicted octanol–water partition coefficient (Wildman–Crippen LogP) is 4.25. The van der Waals surface area contributed by atoms with Crippen LogP contribution >= 0.6 is 0 Å². The number of primary amides is 1. The molecule has 0 aliphatic rings. The highest BCUT2D eigenvalue weighted by Crippen LogP contribution is 2.31. The molecule has 0 atom stereocenters. The van der Waals surface area contributed by atoms with Crippen LogP contribution in [0, 0.1) is 0 Å². The Balaban J connectivity index is 2.28. The van der Waals surface area contributed by atoms with E-state index in [0.29, 0.717) is 5.56 Å². The molecule has 0 saturated carbocycles. The van der Waals surface area contributed by atoms with E-state index < -0.39 is 0 Å². The van der Waals surface area contributed by atoms with Crippen molar-refractivity contribution in [2.75, 3.05) is 0 Å². The second-order valence-corrected chi connectivity index (χ2v) is 5.26. The Kier molecular flexibility index (Phi) is 2.45. The average Bonchev–Trinajstić information content (AvgIpc) is 2.50. The molecule has 0 aromatic heterocycles. The third-order valence-corrected chi connectivity index (χ3v) is 3.97. The van der Waals surface area contributed by atoms with Gasteiger partial charge in [0.25, 0.3) is 0 Å². The maximum Gasteiger partial charge on any atom is 0.249 e. The Bertz CT molecular complexity index is 1010. The van der Waals surface area contributed by atoms with Gasteiger partial charge in [-0.2, -0.15) is 0 Å². The van der Waals surface area contributed by atoms with E-state index in [4.69, 9.17) is 5.73 Å². The molecule has 0 aliphatic carbocycles. The quantitative estimate of drug-likeness (QED) is 0.517. The van der Waals surface area contributed by atoms with Gasteiger partial charge in [0.1, 0.15) is 0 Å². The Morgan fingerprint density at radius 1 is 0.667 bits per heavy atom. The van der Waals surface area contributed by atoms with Gasteiger partial charge < -0.3 is 5.73 Å². The van der Waals surface area contributed by atoms with Gasteiger partial charge in [-0.1, -0.05) is 48.5 Å². The highest BCUT2D eigenvalue weighted by Gasteiger charge is 2.12. The second kappa shape index (κ2) is 4.32. The maximum absolute atomic E-state index is 12.0. The van der Waals surface area contributed by atoms with E-state index in [9.17, 15) is 4.79 Å². The summed E-state index contributed by atoms with van der Waals surface area (Å²) in [6.07, 6.45) is 0. The number of hydrogen-bond donors (Lipinski definition) is 1. The lowest BCUT2D eigenvalue weighted by Crippen LogP contribution is -2.12. The monoisotopic (exact) mass is 271 g/mol. The van der Waals surface area contributed by atoms with Gasteiger partial charge in [0, 0.05) is 0 Å². The number of fused-ring (bicyclic) bond motifs is 3. The second-order valence-electron chi connectivity index (χ2n) is 5.26. The zero-order valence-electron chi connectivity index (χ0n) is 11.3. The Hall–Kier alpha value is -2.87. The van der Waals surface area contributed by atoms with Crippen LogP contribution in [0.1, 0.15) is 10.4 Å². The first-order valence-electron chi connectivity index (χ1n) is 6.88. The molecule has 2 N–H and O–H groups in total. The summed E-state index contributed by atoms with van der Waals surface area (Å²) in [5, 5.41) is 6.18.